The summed E-state index contributed by atoms with van der Waals surface area (Å²) in [6.45, 7) is 0.556. The van der Waals surface area contributed by atoms with Gasteiger partial charge in [0, 0.05) is 22.9 Å². The highest BCUT2D eigenvalue weighted by Gasteiger charge is 2.14. The van der Waals surface area contributed by atoms with Crippen molar-refractivity contribution < 1.29 is 9.53 Å². The van der Waals surface area contributed by atoms with E-state index in [1.165, 1.54) is 11.9 Å². The van der Waals surface area contributed by atoms with Crippen molar-refractivity contribution in [3.63, 3.8) is 0 Å². The molecule has 146 valence electrons. The zero-order valence-electron chi connectivity index (χ0n) is 16.3. The van der Waals surface area contributed by atoms with Crippen molar-refractivity contribution in [1.82, 2.24) is 14.3 Å². The number of methoxy groups -OCH3 is 1. The van der Waals surface area contributed by atoms with Crippen molar-refractivity contribution in [2.24, 2.45) is 0 Å². The number of hydrogen-bond donors (Lipinski definition) is 1. The second kappa shape index (κ2) is 8.41. The molecule has 1 amide bonds. The molecule has 0 aliphatic rings. The van der Waals surface area contributed by atoms with Gasteiger partial charge < -0.3 is 9.30 Å². The van der Waals surface area contributed by atoms with Gasteiger partial charge in [-0.15, -0.1) is 0 Å². The van der Waals surface area contributed by atoms with Crippen molar-refractivity contribution in [3.8, 4) is 17.0 Å². The second-order valence-electron chi connectivity index (χ2n) is 6.56. The van der Waals surface area contributed by atoms with E-state index in [-0.39, 0.29) is 5.91 Å². The molecule has 0 unspecified atom stereocenters. The number of ether oxygens (including phenoxy) is 1. The van der Waals surface area contributed by atoms with E-state index in [0.717, 1.165) is 33.6 Å². The first-order chi connectivity index (χ1) is 14.2. The summed E-state index contributed by atoms with van der Waals surface area (Å²) in [5, 5.41) is 1.10. The maximum Gasteiger partial charge on any atom is 0.279 e. The smallest absolute Gasteiger partial charge is 0.279 e. The SMILES string of the molecule is COc1ccc2c(c1)cc(-c1ccccc1)n2Cc1cccc(C(=O)NSC)n1. The van der Waals surface area contributed by atoms with Crippen LogP contribution in [-0.4, -0.2) is 28.8 Å². The summed E-state index contributed by atoms with van der Waals surface area (Å²) in [5.41, 5.74) is 4.54. The number of nitrogens with zero attached hydrogens (tertiary/aromatic N) is 2. The van der Waals surface area contributed by atoms with Crippen LogP contribution in [0.15, 0.2) is 72.8 Å². The van der Waals surface area contributed by atoms with Crippen LogP contribution in [0.2, 0.25) is 0 Å². The Labute approximate surface area is 173 Å². The molecule has 4 aromatic rings. The molecule has 2 aromatic carbocycles. The van der Waals surface area contributed by atoms with Crippen LogP contribution in [0.3, 0.4) is 0 Å². The van der Waals surface area contributed by atoms with Crippen LogP contribution < -0.4 is 9.46 Å². The van der Waals surface area contributed by atoms with Crippen LogP contribution in [0.4, 0.5) is 0 Å². The lowest BCUT2D eigenvalue weighted by molar-refractivity contribution is 0.0979. The lowest BCUT2D eigenvalue weighted by Gasteiger charge is -2.12. The Morgan fingerprint density at radius 2 is 1.90 bits per heavy atom. The first-order valence-corrected chi connectivity index (χ1v) is 10.4. The predicted octanol–water partition coefficient (Wildman–Crippen LogP) is 4.77. The predicted molar refractivity (Wildman–Crippen MR) is 118 cm³/mol. The molecule has 2 aromatic heterocycles. The number of pyridine rings is 1. The van der Waals surface area contributed by atoms with E-state index < -0.39 is 0 Å². The summed E-state index contributed by atoms with van der Waals surface area (Å²) in [5.74, 6) is 0.632. The van der Waals surface area contributed by atoms with Gasteiger partial charge in [0.25, 0.3) is 5.91 Å². The minimum absolute atomic E-state index is 0.190. The number of carbonyl (C=O) groups excluding carboxylic acids is 1. The zero-order valence-corrected chi connectivity index (χ0v) is 17.1. The molecule has 0 spiro atoms. The third-order valence-corrected chi connectivity index (χ3v) is 5.12. The lowest BCUT2D eigenvalue weighted by atomic mass is 10.1. The number of fused-ring (bicyclic) bond motifs is 1. The molecule has 1 N–H and O–H groups in total. The third-order valence-electron chi connectivity index (χ3n) is 4.73. The fourth-order valence-corrected chi connectivity index (χ4v) is 3.69. The number of rotatable bonds is 6. The Bertz CT molecular complexity index is 1160. The number of hydrogen-bond acceptors (Lipinski definition) is 4. The van der Waals surface area contributed by atoms with Crippen molar-refractivity contribution in [2.75, 3.05) is 13.4 Å². The number of carbonyl (C=O) groups is 1. The minimum atomic E-state index is -0.190. The van der Waals surface area contributed by atoms with Crippen molar-refractivity contribution in [3.05, 3.63) is 84.2 Å². The van der Waals surface area contributed by atoms with E-state index in [4.69, 9.17) is 4.74 Å². The molecule has 6 heteroatoms. The highest BCUT2D eigenvalue weighted by atomic mass is 32.2. The van der Waals surface area contributed by atoms with Crippen LogP contribution in [-0.2, 0) is 6.54 Å². The Hall–Kier alpha value is -3.25. The Kier molecular flexibility index (Phi) is 5.53. The fourth-order valence-electron chi connectivity index (χ4n) is 3.40. The Balaban J connectivity index is 1.80. The van der Waals surface area contributed by atoms with Crippen molar-refractivity contribution in [1.29, 1.82) is 0 Å². The topological polar surface area (TPSA) is 56.1 Å². The highest BCUT2D eigenvalue weighted by Crippen LogP contribution is 2.31. The van der Waals surface area contributed by atoms with E-state index in [0.29, 0.717) is 12.2 Å². The Morgan fingerprint density at radius 1 is 1.07 bits per heavy atom. The summed E-state index contributed by atoms with van der Waals surface area (Å²) in [6, 6.07) is 24.0. The number of benzene rings is 2. The summed E-state index contributed by atoms with van der Waals surface area (Å²) in [4.78, 5) is 16.7. The molecule has 0 bridgehead atoms. The van der Waals surface area contributed by atoms with Gasteiger partial charge >= 0.3 is 0 Å². The molecule has 5 nitrogen and oxygen atoms in total. The molecule has 0 atom stereocenters. The number of aromatic nitrogens is 2. The van der Waals surface area contributed by atoms with Crippen LogP contribution in [0, 0.1) is 0 Å². The van der Waals surface area contributed by atoms with Gasteiger partial charge in [0.05, 0.1) is 19.3 Å². The molecular weight excluding hydrogens is 382 g/mol. The Morgan fingerprint density at radius 3 is 2.66 bits per heavy atom. The molecule has 4 rings (SSSR count). The number of amides is 1. The van der Waals surface area contributed by atoms with E-state index in [1.807, 2.05) is 48.7 Å². The summed E-state index contributed by atoms with van der Waals surface area (Å²) < 4.78 is 10.3. The summed E-state index contributed by atoms with van der Waals surface area (Å²) in [6.07, 6.45) is 1.81. The molecule has 2 heterocycles. The average Bonchev–Trinajstić information content (AvgIpc) is 3.12. The summed E-state index contributed by atoms with van der Waals surface area (Å²) >= 11 is 1.26. The van der Waals surface area contributed by atoms with Crippen LogP contribution in [0.5, 0.6) is 5.75 Å². The van der Waals surface area contributed by atoms with E-state index in [1.54, 1.807) is 13.2 Å². The van der Waals surface area contributed by atoms with Gasteiger partial charge in [-0.05, 0) is 42.0 Å². The third kappa shape index (κ3) is 3.98. The summed E-state index contributed by atoms with van der Waals surface area (Å²) in [7, 11) is 1.67. The first kappa shape index (κ1) is 19.1. The van der Waals surface area contributed by atoms with Gasteiger partial charge in [-0.1, -0.05) is 48.3 Å². The highest BCUT2D eigenvalue weighted by molar-refractivity contribution is 7.97. The maximum atomic E-state index is 12.2. The van der Waals surface area contributed by atoms with Crippen molar-refractivity contribution in [2.45, 2.75) is 6.54 Å². The van der Waals surface area contributed by atoms with E-state index in [9.17, 15) is 4.79 Å². The average molecular weight is 404 g/mol. The molecule has 0 saturated carbocycles. The van der Waals surface area contributed by atoms with E-state index in [2.05, 4.69) is 38.5 Å². The minimum Gasteiger partial charge on any atom is -0.497 e. The van der Waals surface area contributed by atoms with Crippen molar-refractivity contribution >= 4 is 28.8 Å². The van der Waals surface area contributed by atoms with Crippen LogP contribution in [0.25, 0.3) is 22.2 Å². The molecular formula is C23H21N3O2S. The van der Waals surface area contributed by atoms with Gasteiger partial charge in [-0.2, -0.15) is 0 Å². The van der Waals surface area contributed by atoms with Gasteiger partial charge in [0.2, 0.25) is 0 Å². The normalized spacial score (nSPS) is 10.8. The van der Waals surface area contributed by atoms with E-state index >= 15 is 0 Å². The lowest BCUT2D eigenvalue weighted by Crippen LogP contribution is -2.17. The largest absolute Gasteiger partial charge is 0.497 e. The van der Waals surface area contributed by atoms with Gasteiger partial charge in [-0.25, -0.2) is 4.98 Å². The van der Waals surface area contributed by atoms with Gasteiger partial charge in [0.15, 0.2) is 0 Å². The van der Waals surface area contributed by atoms with Crippen LogP contribution >= 0.6 is 11.9 Å². The molecule has 0 fully saturated rings. The molecule has 0 aliphatic carbocycles. The molecule has 0 aliphatic heterocycles. The maximum absolute atomic E-state index is 12.2. The monoisotopic (exact) mass is 403 g/mol. The standard InChI is InChI=1S/C23H21N3O2S/c1-28-19-11-12-21-17(13-19)14-22(16-7-4-3-5-8-16)26(21)15-18-9-6-10-20(24-18)23(27)25-29-2/h3-14H,15H2,1-2H3,(H,25,27). The molecule has 0 saturated heterocycles. The number of nitrogens with one attached hydrogen (secondary N) is 1. The van der Waals surface area contributed by atoms with Gasteiger partial charge in [-0.3, -0.25) is 9.52 Å². The van der Waals surface area contributed by atoms with Gasteiger partial charge in [0.1, 0.15) is 11.4 Å². The molecule has 0 radical (unpaired) electrons. The quantitative estimate of drug-likeness (QED) is 0.471. The molecule has 29 heavy (non-hydrogen) atoms. The first-order valence-electron chi connectivity index (χ1n) is 9.21. The zero-order chi connectivity index (χ0) is 20.2. The fraction of sp³-hybridized carbons (Fsp3) is 0.130. The van der Waals surface area contributed by atoms with Crippen LogP contribution in [0.1, 0.15) is 16.2 Å². The second-order valence-corrected chi connectivity index (χ2v) is 7.17.